The molecule has 0 bridgehead atoms. The predicted octanol–water partition coefficient (Wildman–Crippen LogP) is 4.92. The van der Waals surface area contributed by atoms with Crippen molar-refractivity contribution in [2.45, 2.75) is 33.1 Å². The second-order valence-electron chi connectivity index (χ2n) is 7.51. The Morgan fingerprint density at radius 2 is 1.67 bits per heavy atom. The van der Waals surface area contributed by atoms with E-state index in [0.29, 0.717) is 6.54 Å². The van der Waals surface area contributed by atoms with E-state index in [1.54, 1.807) is 0 Å². The van der Waals surface area contributed by atoms with Gasteiger partial charge in [-0.25, -0.2) is 0 Å². The number of aryl methyl sites for hydroxylation is 2. The fourth-order valence-electron chi connectivity index (χ4n) is 3.97. The van der Waals surface area contributed by atoms with Crippen LogP contribution in [0.25, 0.3) is 5.57 Å². The Labute approximate surface area is 162 Å². The largest absolute Gasteiger partial charge is 0.481 e. The van der Waals surface area contributed by atoms with Crippen molar-refractivity contribution in [3.8, 4) is 0 Å². The summed E-state index contributed by atoms with van der Waals surface area (Å²) in [7, 11) is 0. The topological polar surface area (TPSA) is 40.5 Å². The predicted molar refractivity (Wildman–Crippen MR) is 111 cm³/mol. The first-order chi connectivity index (χ1) is 13.1. The number of hydrogen-bond donors (Lipinski definition) is 1. The minimum atomic E-state index is -0.657. The standard InChI is InChI=1S/C24H29NO2/c1-18-9-3-5-12-21(18)23(22-13-6-4-10-19(22)2)14-8-16-25-15-7-11-20(17-25)24(26)27/h3-6,9-10,12-14,20H,7-8,11,15-17H2,1-2H3,(H,26,27). The van der Waals surface area contributed by atoms with Gasteiger partial charge in [-0.15, -0.1) is 0 Å². The van der Waals surface area contributed by atoms with Crippen molar-refractivity contribution in [2.24, 2.45) is 5.92 Å². The van der Waals surface area contributed by atoms with Gasteiger partial charge in [0, 0.05) is 13.1 Å². The van der Waals surface area contributed by atoms with E-state index in [-0.39, 0.29) is 5.92 Å². The van der Waals surface area contributed by atoms with E-state index in [2.05, 4.69) is 73.4 Å². The summed E-state index contributed by atoms with van der Waals surface area (Å²) >= 11 is 0. The monoisotopic (exact) mass is 363 g/mol. The molecule has 0 saturated carbocycles. The minimum absolute atomic E-state index is 0.213. The average Bonchev–Trinajstić information content (AvgIpc) is 2.67. The lowest BCUT2D eigenvalue weighted by Crippen LogP contribution is -2.39. The van der Waals surface area contributed by atoms with E-state index in [0.717, 1.165) is 32.4 Å². The maximum Gasteiger partial charge on any atom is 0.307 e. The Hall–Kier alpha value is -2.39. The third kappa shape index (κ3) is 4.86. The number of carboxylic acid groups (broad SMARTS) is 1. The van der Waals surface area contributed by atoms with Crippen LogP contribution in [0.3, 0.4) is 0 Å². The number of likely N-dealkylation sites (tertiary alicyclic amines) is 1. The Kier molecular flexibility index (Phi) is 6.46. The smallest absolute Gasteiger partial charge is 0.307 e. The molecule has 1 heterocycles. The summed E-state index contributed by atoms with van der Waals surface area (Å²) in [6.45, 7) is 6.90. The SMILES string of the molecule is Cc1ccccc1C(=CCCN1CCCC(C(=O)O)C1)c1ccccc1C. The van der Waals surface area contributed by atoms with E-state index in [1.165, 1.54) is 27.8 Å². The van der Waals surface area contributed by atoms with Crippen LogP contribution >= 0.6 is 0 Å². The molecular weight excluding hydrogens is 334 g/mol. The third-order valence-electron chi connectivity index (χ3n) is 5.52. The van der Waals surface area contributed by atoms with Crippen molar-refractivity contribution in [3.05, 3.63) is 76.9 Å². The number of piperidine rings is 1. The quantitative estimate of drug-likeness (QED) is 0.792. The van der Waals surface area contributed by atoms with Crippen LogP contribution in [0.2, 0.25) is 0 Å². The molecule has 3 heteroatoms. The van der Waals surface area contributed by atoms with Crippen molar-refractivity contribution >= 4 is 11.5 Å². The maximum absolute atomic E-state index is 11.3. The normalized spacial score (nSPS) is 17.5. The second-order valence-corrected chi connectivity index (χ2v) is 7.51. The van der Waals surface area contributed by atoms with Crippen LogP contribution in [0.5, 0.6) is 0 Å². The first-order valence-electron chi connectivity index (χ1n) is 9.83. The molecule has 0 aromatic heterocycles. The lowest BCUT2D eigenvalue weighted by molar-refractivity contribution is -0.143. The zero-order valence-electron chi connectivity index (χ0n) is 16.3. The van der Waals surface area contributed by atoms with Crippen molar-refractivity contribution in [2.75, 3.05) is 19.6 Å². The molecule has 0 spiro atoms. The highest BCUT2D eigenvalue weighted by Gasteiger charge is 2.24. The van der Waals surface area contributed by atoms with Crippen molar-refractivity contribution < 1.29 is 9.90 Å². The van der Waals surface area contributed by atoms with Gasteiger partial charge in [-0.3, -0.25) is 4.79 Å². The van der Waals surface area contributed by atoms with E-state index in [1.807, 2.05) is 0 Å². The van der Waals surface area contributed by atoms with Crippen molar-refractivity contribution in [3.63, 3.8) is 0 Å². The first kappa shape index (κ1) is 19.4. The summed E-state index contributed by atoms with van der Waals surface area (Å²) in [5.41, 5.74) is 6.37. The van der Waals surface area contributed by atoms with Crippen molar-refractivity contribution in [1.82, 2.24) is 4.90 Å². The summed E-state index contributed by atoms with van der Waals surface area (Å²) in [4.78, 5) is 13.6. The van der Waals surface area contributed by atoms with Crippen LogP contribution in [-0.4, -0.2) is 35.6 Å². The van der Waals surface area contributed by atoms with Crippen molar-refractivity contribution in [1.29, 1.82) is 0 Å². The van der Waals surface area contributed by atoms with Gasteiger partial charge < -0.3 is 10.0 Å². The summed E-state index contributed by atoms with van der Waals surface area (Å²) in [5, 5.41) is 9.29. The molecule has 1 aliphatic heterocycles. The van der Waals surface area contributed by atoms with E-state index < -0.39 is 5.97 Å². The Morgan fingerprint density at radius 1 is 1.07 bits per heavy atom. The van der Waals surface area contributed by atoms with E-state index in [4.69, 9.17) is 0 Å². The van der Waals surface area contributed by atoms with Gasteiger partial charge in [-0.1, -0.05) is 54.6 Å². The zero-order chi connectivity index (χ0) is 19.2. The first-order valence-corrected chi connectivity index (χ1v) is 9.83. The Bertz CT molecular complexity index is 777. The highest BCUT2D eigenvalue weighted by molar-refractivity contribution is 5.82. The molecule has 0 aliphatic carbocycles. The van der Waals surface area contributed by atoms with E-state index >= 15 is 0 Å². The molecule has 1 saturated heterocycles. The maximum atomic E-state index is 11.3. The average molecular weight is 364 g/mol. The second kappa shape index (κ2) is 9.01. The lowest BCUT2D eigenvalue weighted by Gasteiger charge is -2.30. The Balaban J connectivity index is 1.80. The highest BCUT2D eigenvalue weighted by Crippen LogP contribution is 2.29. The van der Waals surface area contributed by atoms with E-state index in [9.17, 15) is 9.90 Å². The number of benzene rings is 2. The molecule has 1 aliphatic rings. The van der Waals surface area contributed by atoms with Gasteiger partial charge in [0.1, 0.15) is 0 Å². The molecule has 1 unspecified atom stereocenters. The number of hydrogen-bond acceptors (Lipinski definition) is 2. The van der Waals surface area contributed by atoms with Crippen LogP contribution in [0.4, 0.5) is 0 Å². The number of carbonyl (C=O) groups is 1. The molecule has 1 fully saturated rings. The van der Waals surface area contributed by atoms with Gasteiger partial charge in [0.2, 0.25) is 0 Å². The van der Waals surface area contributed by atoms with Gasteiger partial charge >= 0.3 is 5.97 Å². The molecule has 27 heavy (non-hydrogen) atoms. The molecule has 1 N–H and O–H groups in total. The molecule has 1 atom stereocenters. The summed E-state index contributed by atoms with van der Waals surface area (Å²) in [5.74, 6) is -0.870. The van der Waals surface area contributed by atoms with Gasteiger partial charge in [-0.2, -0.15) is 0 Å². The molecule has 0 radical (unpaired) electrons. The highest BCUT2D eigenvalue weighted by atomic mass is 16.4. The van der Waals surface area contributed by atoms with Crippen LogP contribution in [0.15, 0.2) is 54.6 Å². The minimum Gasteiger partial charge on any atom is -0.481 e. The fraction of sp³-hybridized carbons (Fsp3) is 0.375. The molecule has 3 rings (SSSR count). The van der Waals surface area contributed by atoms with Gasteiger partial charge in [0.05, 0.1) is 5.92 Å². The number of nitrogens with zero attached hydrogens (tertiary/aromatic N) is 1. The Morgan fingerprint density at radius 3 is 2.22 bits per heavy atom. The molecule has 3 nitrogen and oxygen atoms in total. The summed E-state index contributed by atoms with van der Waals surface area (Å²) in [6.07, 6.45) is 5.03. The fourth-order valence-corrected chi connectivity index (χ4v) is 3.97. The van der Waals surface area contributed by atoms with Crippen LogP contribution in [0.1, 0.15) is 41.5 Å². The molecular formula is C24H29NO2. The zero-order valence-corrected chi connectivity index (χ0v) is 16.3. The summed E-state index contributed by atoms with van der Waals surface area (Å²) in [6, 6.07) is 17.0. The summed E-state index contributed by atoms with van der Waals surface area (Å²) < 4.78 is 0. The molecule has 0 amide bonds. The number of carboxylic acids is 1. The van der Waals surface area contributed by atoms with Crippen LogP contribution < -0.4 is 0 Å². The molecule has 142 valence electrons. The molecule has 2 aromatic carbocycles. The molecule has 2 aromatic rings. The number of rotatable bonds is 6. The van der Waals surface area contributed by atoms with Gasteiger partial charge in [0.25, 0.3) is 0 Å². The van der Waals surface area contributed by atoms with Gasteiger partial charge in [-0.05, 0) is 67.5 Å². The lowest BCUT2D eigenvalue weighted by atomic mass is 9.91. The van der Waals surface area contributed by atoms with Gasteiger partial charge in [0.15, 0.2) is 0 Å². The van der Waals surface area contributed by atoms with Crippen LogP contribution in [0, 0.1) is 19.8 Å². The number of aliphatic carboxylic acids is 1. The van der Waals surface area contributed by atoms with Crippen LogP contribution in [-0.2, 0) is 4.79 Å². The third-order valence-corrected chi connectivity index (χ3v) is 5.52.